The van der Waals surface area contributed by atoms with Gasteiger partial charge in [-0.05, 0) is 29.0 Å². The molecule has 134 valence electrons. The maximum atomic E-state index is 11.5. The Kier molecular flexibility index (Phi) is 4.92. The van der Waals surface area contributed by atoms with Crippen molar-refractivity contribution in [2.75, 3.05) is 13.2 Å². The van der Waals surface area contributed by atoms with Crippen LogP contribution in [0.3, 0.4) is 0 Å². The smallest absolute Gasteiger partial charge is 0.330 e. The number of ether oxygens (including phenoxy) is 2. The predicted molar refractivity (Wildman–Crippen MR) is 97.9 cm³/mol. The molecule has 0 atom stereocenters. The van der Waals surface area contributed by atoms with Crippen LogP contribution in [-0.2, 0) is 19.6 Å². The number of rotatable bonds is 6. The summed E-state index contributed by atoms with van der Waals surface area (Å²) in [6.45, 7) is 3.42. The minimum atomic E-state index is -4.34. The molecule has 0 unspecified atom stereocenters. The summed E-state index contributed by atoms with van der Waals surface area (Å²) in [6.07, 6.45) is 1.06. The Balaban J connectivity index is 2.08. The zero-order valence-electron chi connectivity index (χ0n) is 13.7. The summed E-state index contributed by atoms with van der Waals surface area (Å²) in [7, 11) is -4.34. The van der Waals surface area contributed by atoms with Crippen LogP contribution in [-0.4, -0.2) is 32.2 Å². The first-order valence-corrected chi connectivity index (χ1v) is 9.19. The van der Waals surface area contributed by atoms with E-state index >= 15 is 0 Å². The molecule has 0 saturated heterocycles. The van der Waals surface area contributed by atoms with Gasteiger partial charge in [0, 0.05) is 16.8 Å². The predicted octanol–water partition coefficient (Wildman–Crippen LogP) is 3.35. The van der Waals surface area contributed by atoms with Crippen molar-refractivity contribution < 1.29 is 27.2 Å². The van der Waals surface area contributed by atoms with Gasteiger partial charge in [-0.25, -0.2) is 4.79 Å². The topological polar surface area (TPSA) is 89.9 Å². The van der Waals surface area contributed by atoms with Gasteiger partial charge in [-0.1, -0.05) is 36.9 Å². The van der Waals surface area contributed by atoms with Crippen molar-refractivity contribution in [3.63, 3.8) is 0 Å². The maximum absolute atomic E-state index is 11.5. The fourth-order valence-corrected chi connectivity index (χ4v) is 3.17. The Hall–Kier alpha value is -2.90. The summed E-state index contributed by atoms with van der Waals surface area (Å²) in [4.78, 5) is 10.9. The number of carbonyl (C=O) groups excluding carboxylic acids is 1. The third-order valence-corrected chi connectivity index (χ3v) is 4.67. The molecule has 0 spiro atoms. The summed E-state index contributed by atoms with van der Waals surface area (Å²) < 4.78 is 43.0. The summed E-state index contributed by atoms with van der Waals surface area (Å²) in [5.74, 6) is -0.0942. The monoisotopic (exact) mass is 372 g/mol. The molecule has 3 aromatic rings. The highest BCUT2D eigenvalue weighted by atomic mass is 32.2. The van der Waals surface area contributed by atoms with E-state index in [9.17, 15) is 17.8 Å². The molecule has 0 fully saturated rings. The lowest BCUT2D eigenvalue weighted by Gasteiger charge is -2.14. The van der Waals surface area contributed by atoms with Gasteiger partial charge in [-0.3, -0.25) is 4.55 Å². The van der Waals surface area contributed by atoms with Crippen molar-refractivity contribution in [3.05, 3.63) is 61.2 Å². The lowest BCUT2D eigenvalue weighted by molar-refractivity contribution is -0.138. The number of fused-ring (bicyclic) bond motifs is 2. The number of esters is 1. The first-order valence-electron chi connectivity index (χ1n) is 7.75. The first kappa shape index (κ1) is 17.9. The fourth-order valence-electron chi connectivity index (χ4n) is 2.66. The molecular formula is C19H16O6S. The van der Waals surface area contributed by atoms with Crippen molar-refractivity contribution in [2.24, 2.45) is 0 Å². The second-order valence-corrected chi connectivity index (χ2v) is 6.93. The van der Waals surface area contributed by atoms with Gasteiger partial charge in [-0.2, -0.15) is 8.42 Å². The average Bonchev–Trinajstić information content (AvgIpc) is 2.62. The summed E-state index contributed by atoms with van der Waals surface area (Å²) in [5, 5.41) is 2.99. The largest absolute Gasteiger partial charge is 0.489 e. The highest BCUT2D eigenvalue weighted by Gasteiger charge is 2.14. The average molecular weight is 372 g/mol. The molecule has 0 radical (unpaired) electrons. The Morgan fingerprint density at radius 3 is 2.50 bits per heavy atom. The van der Waals surface area contributed by atoms with Gasteiger partial charge in [0.2, 0.25) is 0 Å². The lowest BCUT2D eigenvalue weighted by Crippen LogP contribution is -2.10. The molecule has 26 heavy (non-hydrogen) atoms. The Morgan fingerprint density at radius 1 is 1.04 bits per heavy atom. The second-order valence-electron chi connectivity index (χ2n) is 5.50. The van der Waals surface area contributed by atoms with Crippen LogP contribution in [0.4, 0.5) is 0 Å². The van der Waals surface area contributed by atoms with Crippen molar-refractivity contribution in [1.29, 1.82) is 0 Å². The molecule has 0 saturated carbocycles. The van der Waals surface area contributed by atoms with Crippen molar-refractivity contribution in [3.8, 4) is 5.75 Å². The minimum absolute atomic E-state index is 0.0214. The fraction of sp³-hybridized carbons (Fsp3) is 0.105. The van der Waals surface area contributed by atoms with E-state index in [4.69, 9.17) is 9.47 Å². The number of hydrogen-bond donors (Lipinski definition) is 1. The Morgan fingerprint density at radius 2 is 1.77 bits per heavy atom. The first-order chi connectivity index (χ1) is 12.4. The molecule has 0 aliphatic carbocycles. The molecule has 1 N–H and O–H groups in total. The van der Waals surface area contributed by atoms with Crippen molar-refractivity contribution >= 4 is 37.6 Å². The number of carbonyl (C=O) groups is 1. The minimum Gasteiger partial charge on any atom is -0.489 e. The summed E-state index contributed by atoms with van der Waals surface area (Å²) in [5.41, 5.74) is 0. The number of hydrogen-bond acceptors (Lipinski definition) is 5. The van der Waals surface area contributed by atoms with Gasteiger partial charge in [0.15, 0.2) is 0 Å². The third kappa shape index (κ3) is 3.68. The molecule has 0 aromatic heterocycles. The van der Waals surface area contributed by atoms with E-state index in [2.05, 4.69) is 6.58 Å². The lowest BCUT2D eigenvalue weighted by atomic mass is 10.0. The van der Waals surface area contributed by atoms with Gasteiger partial charge in [0.05, 0.1) is 4.90 Å². The van der Waals surface area contributed by atoms with E-state index in [0.29, 0.717) is 11.1 Å². The SMILES string of the molecule is C=CC(=O)OCCOc1c2ccccc2cc2ccc(S(=O)(=O)O)cc12. The summed E-state index contributed by atoms with van der Waals surface area (Å²) >= 11 is 0. The second kappa shape index (κ2) is 7.15. The molecule has 6 nitrogen and oxygen atoms in total. The number of benzene rings is 3. The molecule has 0 amide bonds. The van der Waals surface area contributed by atoms with Crippen LogP contribution >= 0.6 is 0 Å². The molecule has 0 heterocycles. The molecule has 7 heteroatoms. The zero-order valence-corrected chi connectivity index (χ0v) is 14.5. The molecule has 3 aromatic carbocycles. The van der Waals surface area contributed by atoms with Crippen LogP contribution in [0.15, 0.2) is 66.1 Å². The molecular weight excluding hydrogens is 356 g/mol. The zero-order chi connectivity index (χ0) is 18.7. The van der Waals surface area contributed by atoms with Crippen LogP contribution < -0.4 is 4.74 Å². The molecule has 3 rings (SSSR count). The maximum Gasteiger partial charge on any atom is 0.330 e. The van der Waals surface area contributed by atoms with Crippen LogP contribution in [0.1, 0.15) is 0 Å². The van der Waals surface area contributed by atoms with E-state index in [0.717, 1.165) is 22.2 Å². The molecule has 0 aliphatic heterocycles. The van der Waals surface area contributed by atoms with Crippen LogP contribution in [0, 0.1) is 0 Å². The van der Waals surface area contributed by atoms with E-state index < -0.39 is 16.1 Å². The third-order valence-electron chi connectivity index (χ3n) is 3.82. The standard InChI is InChI=1S/C19H16O6S/c1-2-18(20)24-9-10-25-19-16-6-4-3-5-13(16)11-14-7-8-15(12-17(14)19)26(21,22)23/h2-8,11-12H,1,9-10H2,(H,21,22,23). The molecule has 0 bridgehead atoms. The van der Waals surface area contributed by atoms with Crippen LogP contribution in [0.5, 0.6) is 5.75 Å². The quantitative estimate of drug-likeness (QED) is 0.235. The van der Waals surface area contributed by atoms with Gasteiger partial charge < -0.3 is 9.47 Å². The summed E-state index contributed by atoms with van der Waals surface area (Å²) in [6, 6.07) is 13.7. The normalized spacial score (nSPS) is 11.4. The van der Waals surface area contributed by atoms with Gasteiger partial charge >= 0.3 is 5.97 Å². The van der Waals surface area contributed by atoms with E-state index in [1.807, 2.05) is 30.3 Å². The van der Waals surface area contributed by atoms with E-state index in [-0.39, 0.29) is 18.1 Å². The van der Waals surface area contributed by atoms with Crippen LogP contribution in [0.2, 0.25) is 0 Å². The van der Waals surface area contributed by atoms with Crippen molar-refractivity contribution in [1.82, 2.24) is 0 Å². The van der Waals surface area contributed by atoms with Gasteiger partial charge in [-0.15, -0.1) is 0 Å². The molecule has 0 aliphatic rings. The highest BCUT2D eigenvalue weighted by Crippen LogP contribution is 2.36. The van der Waals surface area contributed by atoms with E-state index in [1.54, 1.807) is 6.07 Å². The van der Waals surface area contributed by atoms with E-state index in [1.165, 1.54) is 12.1 Å². The Bertz CT molecular complexity index is 1100. The van der Waals surface area contributed by atoms with Crippen molar-refractivity contribution in [2.45, 2.75) is 4.90 Å². The highest BCUT2D eigenvalue weighted by molar-refractivity contribution is 7.85. The van der Waals surface area contributed by atoms with Crippen LogP contribution in [0.25, 0.3) is 21.5 Å². The Labute approximate surface area is 150 Å². The van der Waals surface area contributed by atoms with Gasteiger partial charge in [0.25, 0.3) is 10.1 Å². The van der Waals surface area contributed by atoms with Gasteiger partial charge in [0.1, 0.15) is 19.0 Å².